The summed E-state index contributed by atoms with van der Waals surface area (Å²) in [5.74, 6) is 0. The summed E-state index contributed by atoms with van der Waals surface area (Å²) >= 11 is 9.63. The largest absolute Gasteiger partial charge is 0.303 e. The summed E-state index contributed by atoms with van der Waals surface area (Å²) in [5.41, 5.74) is 0.734. The molecule has 23 heavy (non-hydrogen) atoms. The number of thiophene rings is 1. The number of nitriles is 1. The summed E-state index contributed by atoms with van der Waals surface area (Å²) in [6.45, 7) is 3.48. The predicted molar refractivity (Wildman–Crippen MR) is 99.5 cm³/mol. The van der Waals surface area contributed by atoms with Gasteiger partial charge in [0.15, 0.2) is 0 Å². The second-order valence-electron chi connectivity index (χ2n) is 5.75. The minimum atomic E-state index is 0.690. The van der Waals surface area contributed by atoms with Crippen LogP contribution < -0.4 is 0 Å². The Balaban J connectivity index is 1.42. The molecule has 2 aromatic rings. The van der Waals surface area contributed by atoms with E-state index in [1.165, 1.54) is 35.7 Å². The van der Waals surface area contributed by atoms with Crippen LogP contribution in [0, 0.1) is 11.3 Å². The number of hydrogen-bond acceptors (Lipinski definition) is 4. The average Bonchev–Trinajstić information content (AvgIpc) is 3.00. The van der Waals surface area contributed by atoms with Crippen molar-refractivity contribution in [2.45, 2.75) is 29.4 Å². The van der Waals surface area contributed by atoms with E-state index in [0.717, 1.165) is 22.9 Å². The Morgan fingerprint density at radius 2 is 1.91 bits per heavy atom. The molecule has 3 rings (SSSR count). The normalized spacial score (nSPS) is 16.3. The molecule has 1 aromatic heterocycles. The summed E-state index contributed by atoms with van der Waals surface area (Å²) in [6, 6.07) is 14.2. The molecule has 0 radical (unpaired) electrons. The van der Waals surface area contributed by atoms with Gasteiger partial charge >= 0.3 is 0 Å². The molecule has 0 spiro atoms. The van der Waals surface area contributed by atoms with Gasteiger partial charge < -0.3 is 4.90 Å². The smallest absolute Gasteiger partial charge is 0.0991 e. The third-order valence-corrected chi connectivity index (χ3v) is 6.76. The SMILES string of the molecule is N#Cc1ccc(SC2CCN(CCc3ccc(Cl)s3)CC2)cc1. The van der Waals surface area contributed by atoms with E-state index in [1.54, 1.807) is 11.3 Å². The molecule has 120 valence electrons. The Hall–Kier alpha value is -0.990. The van der Waals surface area contributed by atoms with Crippen molar-refractivity contribution in [1.29, 1.82) is 5.26 Å². The van der Waals surface area contributed by atoms with Crippen LogP contribution in [-0.2, 0) is 6.42 Å². The van der Waals surface area contributed by atoms with E-state index >= 15 is 0 Å². The first kappa shape index (κ1) is 16.9. The van der Waals surface area contributed by atoms with Crippen molar-refractivity contribution in [3.8, 4) is 6.07 Å². The van der Waals surface area contributed by atoms with Crippen molar-refractivity contribution in [3.05, 3.63) is 51.2 Å². The van der Waals surface area contributed by atoms with E-state index in [2.05, 4.69) is 29.2 Å². The van der Waals surface area contributed by atoms with Crippen LogP contribution in [0.15, 0.2) is 41.3 Å². The highest BCUT2D eigenvalue weighted by atomic mass is 35.5. The molecule has 5 heteroatoms. The van der Waals surface area contributed by atoms with Crippen LogP contribution in [0.25, 0.3) is 0 Å². The Morgan fingerprint density at radius 3 is 2.52 bits per heavy atom. The molecule has 1 aliphatic heterocycles. The Bertz CT molecular complexity index is 667. The van der Waals surface area contributed by atoms with Gasteiger partial charge in [0.25, 0.3) is 0 Å². The van der Waals surface area contributed by atoms with Gasteiger partial charge in [-0.15, -0.1) is 23.1 Å². The number of piperidine rings is 1. The van der Waals surface area contributed by atoms with Crippen LogP contribution in [0.4, 0.5) is 0 Å². The zero-order chi connectivity index (χ0) is 16.1. The number of benzene rings is 1. The first-order chi connectivity index (χ1) is 11.2. The maximum atomic E-state index is 8.84. The third-order valence-electron chi connectivity index (χ3n) is 4.12. The van der Waals surface area contributed by atoms with Gasteiger partial charge in [-0.3, -0.25) is 0 Å². The average molecular weight is 363 g/mol. The number of likely N-dealkylation sites (tertiary alicyclic amines) is 1. The molecule has 0 atom stereocenters. The van der Waals surface area contributed by atoms with E-state index in [1.807, 2.05) is 30.0 Å². The second-order valence-corrected chi connectivity index (χ2v) is 8.92. The molecular weight excluding hydrogens is 344 g/mol. The highest BCUT2D eigenvalue weighted by Crippen LogP contribution is 2.30. The third kappa shape index (κ3) is 4.99. The standard InChI is InChI=1S/C18H19ClN2S2/c19-18-6-5-16(23-18)7-10-21-11-8-17(9-12-21)22-15-3-1-14(13-20)2-4-15/h1-6,17H,7-12H2. The Kier molecular flexibility index (Phi) is 6.02. The van der Waals surface area contributed by atoms with E-state index in [4.69, 9.17) is 16.9 Å². The number of nitrogens with zero attached hydrogens (tertiary/aromatic N) is 2. The summed E-state index contributed by atoms with van der Waals surface area (Å²) in [4.78, 5) is 5.21. The lowest BCUT2D eigenvalue weighted by molar-refractivity contribution is 0.236. The van der Waals surface area contributed by atoms with Gasteiger partial charge in [-0.1, -0.05) is 11.6 Å². The molecule has 0 N–H and O–H groups in total. The van der Waals surface area contributed by atoms with Crippen molar-refractivity contribution in [2.75, 3.05) is 19.6 Å². The first-order valence-corrected chi connectivity index (χ1v) is 9.94. The number of thioether (sulfide) groups is 1. The second kappa shape index (κ2) is 8.21. The van der Waals surface area contributed by atoms with Gasteiger partial charge in [-0.2, -0.15) is 5.26 Å². The van der Waals surface area contributed by atoms with Crippen molar-refractivity contribution in [3.63, 3.8) is 0 Å². The molecule has 0 saturated carbocycles. The van der Waals surface area contributed by atoms with Crippen molar-refractivity contribution >= 4 is 34.7 Å². The zero-order valence-electron chi connectivity index (χ0n) is 12.9. The topological polar surface area (TPSA) is 27.0 Å². The van der Waals surface area contributed by atoms with Gasteiger partial charge in [0.1, 0.15) is 0 Å². The molecule has 2 heterocycles. The van der Waals surface area contributed by atoms with Crippen LogP contribution in [0.3, 0.4) is 0 Å². The first-order valence-electron chi connectivity index (χ1n) is 7.86. The fourth-order valence-electron chi connectivity index (χ4n) is 2.81. The van der Waals surface area contributed by atoms with Crippen molar-refractivity contribution < 1.29 is 0 Å². The zero-order valence-corrected chi connectivity index (χ0v) is 15.3. The summed E-state index contributed by atoms with van der Waals surface area (Å²) in [7, 11) is 0. The van der Waals surface area contributed by atoms with Crippen molar-refractivity contribution in [2.24, 2.45) is 0 Å². The van der Waals surface area contributed by atoms with Crippen molar-refractivity contribution in [1.82, 2.24) is 4.90 Å². The minimum absolute atomic E-state index is 0.690. The Morgan fingerprint density at radius 1 is 1.17 bits per heavy atom. The predicted octanol–water partition coefficient (Wildman–Crippen LogP) is 5.07. The molecule has 1 aromatic carbocycles. The molecule has 2 nitrogen and oxygen atoms in total. The number of halogens is 1. The lowest BCUT2D eigenvalue weighted by Crippen LogP contribution is -2.36. The molecule has 0 aliphatic carbocycles. The van der Waals surface area contributed by atoms with Crippen LogP contribution >= 0.6 is 34.7 Å². The molecule has 0 bridgehead atoms. The molecule has 1 aliphatic rings. The van der Waals surface area contributed by atoms with Crippen LogP contribution in [0.1, 0.15) is 23.3 Å². The maximum Gasteiger partial charge on any atom is 0.0991 e. The maximum absolute atomic E-state index is 8.84. The summed E-state index contributed by atoms with van der Waals surface area (Å²) in [5, 5.41) is 9.53. The fourth-order valence-corrected chi connectivity index (χ4v) is 5.01. The van der Waals surface area contributed by atoms with Crippen LogP contribution in [0.2, 0.25) is 4.34 Å². The van der Waals surface area contributed by atoms with Crippen LogP contribution in [-0.4, -0.2) is 29.8 Å². The number of hydrogen-bond donors (Lipinski definition) is 0. The molecule has 0 amide bonds. The van der Waals surface area contributed by atoms with Gasteiger partial charge in [0.2, 0.25) is 0 Å². The van der Waals surface area contributed by atoms with E-state index < -0.39 is 0 Å². The molecular formula is C18H19ClN2S2. The summed E-state index contributed by atoms with van der Waals surface area (Å²) < 4.78 is 0.887. The highest BCUT2D eigenvalue weighted by Gasteiger charge is 2.20. The van der Waals surface area contributed by atoms with E-state index in [9.17, 15) is 0 Å². The van der Waals surface area contributed by atoms with Crippen LogP contribution in [0.5, 0.6) is 0 Å². The summed E-state index contributed by atoms with van der Waals surface area (Å²) in [6.07, 6.45) is 3.57. The van der Waals surface area contributed by atoms with Gasteiger partial charge in [0, 0.05) is 21.6 Å². The molecule has 1 saturated heterocycles. The molecule has 0 unspecified atom stereocenters. The minimum Gasteiger partial charge on any atom is -0.303 e. The molecule has 1 fully saturated rings. The number of rotatable bonds is 5. The lowest BCUT2D eigenvalue weighted by Gasteiger charge is -2.31. The highest BCUT2D eigenvalue weighted by molar-refractivity contribution is 8.00. The van der Waals surface area contributed by atoms with Gasteiger partial charge in [-0.25, -0.2) is 0 Å². The van der Waals surface area contributed by atoms with E-state index in [0.29, 0.717) is 5.25 Å². The van der Waals surface area contributed by atoms with Gasteiger partial charge in [0.05, 0.1) is 16.0 Å². The Labute approximate surface area is 151 Å². The van der Waals surface area contributed by atoms with E-state index in [-0.39, 0.29) is 0 Å². The quantitative estimate of drug-likeness (QED) is 0.742. The van der Waals surface area contributed by atoms with Gasteiger partial charge in [-0.05, 0) is 68.8 Å². The lowest BCUT2D eigenvalue weighted by atomic mass is 10.1. The monoisotopic (exact) mass is 362 g/mol. The fraction of sp³-hybridized carbons (Fsp3) is 0.389.